The first-order valence-electron chi connectivity index (χ1n) is 13.4. The van der Waals surface area contributed by atoms with Gasteiger partial charge in [-0.1, -0.05) is 48.5 Å². The maximum atomic E-state index is 8.87. The van der Waals surface area contributed by atoms with Crippen molar-refractivity contribution in [3.05, 3.63) is 97.1 Å². The van der Waals surface area contributed by atoms with Crippen LogP contribution in [0.3, 0.4) is 0 Å². The van der Waals surface area contributed by atoms with Crippen LogP contribution in [0.2, 0.25) is 0 Å². The monoisotopic (exact) mass is 544 g/mol. The quantitative estimate of drug-likeness (QED) is 0.177. The third kappa shape index (κ3) is 9.02. The minimum absolute atomic E-state index is 0.00228. The Morgan fingerprint density at radius 2 is 0.825 bits per heavy atom. The van der Waals surface area contributed by atoms with Gasteiger partial charge in [-0.05, 0) is 77.7 Å². The van der Waals surface area contributed by atoms with Crippen molar-refractivity contribution in [1.29, 1.82) is 0 Å². The van der Waals surface area contributed by atoms with Gasteiger partial charge in [-0.3, -0.25) is 0 Å². The van der Waals surface area contributed by atoms with Crippen molar-refractivity contribution >= 4 is 0 Å². The molecule has 0 saturated carbocycles. The van der Waals surface area contributed by atoms with Crippen LogP contribution in [0.1, 0.15) is 6.92 Å². The van der Waals surface area contributed by atoms with E-state index in [1.165, 1.54) is 0 Å². The van der Waals surface area contributed by atoms with E-state index >= 15 is 0 Å². The number of hydrogen-bond donors (Lipinski definition) is 2. The molecule has 0 spiro atoms. The molecule has 0 heterocycles. The first kappa shape index (κ1) is 29.0. The van der Waals surface area contributed by atoms with Crippen LogP contribution >= 0.6 is 0 Å². The SMILES string of the molecule is CC(COCCOc1ccc(-c2ccc(OCCO)cc2)cc1)Oc1ccc(-c2ccc(OCCO)cc2)cc1. The molecule has 0 aliphatic heterocycles. The maximum absolute atomic E-state index is 8.87. The summed E-state index contributed by atoms with van der Waals surface area (Å²) in [6, 6.07) is 31.4. The molecule has 4 aromatic carbocycles. The summed E-state index contributed by atoms with van der Waals surface area (Å²) < 4.78 is 28.4. The van der Waals surface area contributed by atoms with Crippen LogP contribution in [-0.4, -0.2) is 62.6 Å². The molecule has 0 radical (unpaired) electrons. The largest absolute Gasteiger partial charge is 0.491 e. The summed E-state index contributed by atoms with van der Waals surface area (Å²) in [5, 5.41) is 17.7. The Bertz CT molecular complexity index is 1250. The molecule has 0 saturated heterocycles. The number of benzene rings is 4. The molecule has 40 heavy (non-hydrogen) atoms. The molecule has 2 N–H and O–H groups in total. The lowest BCUT2D eigenvalue weighted by molar-refractivity contribution is 0.0432. The Hall–Kier alpha value is -4.04. The second-order valence-corrected chi connectivity index (χ2v) is 9.09. The van der Waals surface area contributed by atoms with Gasteiger partial charge in [0.05, 0.1) is 26.4 Å². The predicted octanol–water partition coefficient (Wildman–Crippen LogP) is 5.63. The van der Waals surface area contributed by atoms with Gasteiger partial charge in [0, 0.05) is 0 Å². The lowest BCUT2D eigenvalue weighted by Crippen LogP contribution is -2.21. The molecule has 0 aliphatic carbocycles. The van der Waals surface area contributed by atoms with Crippen molar-refractivity contribution in [3.8, 4) is 45.3 Å². The number of rotatable bonds is 16. The van der Waals surface area contributed by atoms with Crippen LogP contribution in [0.15, 0.2) is 97.1 Å². The number of aliphatic hydroxyl groups excluding tert-OH is 2. The Morgan fingerprint density at radius 3 is 1.20 bits per heavy atom. The molecule has 4 aromatic rings. The Balaban J connectivity index is 1.14. The molecule has 0 bridgehead atoms. The van der Waals surface area contributed by atoms with Gasteiger partial charge in [-0.2, -0.15) is 0 Å². The van der Waals surface area contributed by atoms with Crippen molar-refractivity contribution in [2.24, 2.45) is 0 Å². The van der Waals surface area contributed by atoms with E-state index < -0.39 is 0 Å². The van der Waals surface area contributed by atoms with Gasteiger partial charge in [-0.15, -0.1) is 0 Å². The van der Waals surface area contributed by atoms with Gasteiger partial charge in [0.25, 0.3) is 0 Å². The fourth-order valence-electron chi connectivity index (χ4n) is 4.02. The van der Waals surface area contributed by atoms with E-state index in [2.05, 4.69) is 0 Å². The van der Waals surface area contributed by atoms with Crippen molar-refractivity contribution in [2.75, 3.05) is 46.2 Å². The molecule has 7 heteroatoms. The zero-order valence-corrected chi connectivity index (χ0v) is 22.7. The minimum atomic E-state index is -0.103. The van der Waals surface area contributed by atoms with Crippen molar-refractivity contribution in [2.45, 2.75) is 13.0 Å². The minimum Gasteiger partial charge on any atom is -0.491 e. The van der Waals surface area contributed by atoms with Crippen LogP contribution in [-0.2, 0) is 4.74 Å². The highest BCUT2D eigenvalue weighted by Crippen LogP contribution is 2.26. The third-order valence-corrected chi connectivity index (χ3v) is 5.99. The summed E-state index contributed by atoms with van der Waals surface area (Å²) in [6.07, 6.45) is -0.103. The molecule has 0 fully saturated rings. The smallest absolute Gasteiger partial charge is 0.119 e. The van der Waals surface area contributed by atoms with Crippen LogP contribution < -0.4 is 18.9 Å². The van der Waals surface area contributed by atoms with Gasteiger partial charge >= 0.3 is 0 Å². The predicted molar refractivity (Wildman–Crippen MR) is 155 cm³/mol. The number of ether oxygens (including phenoxy) is 5. The normalized spacial score (nSPS) is 11.6. The average molecular weight is 545 g/mol. The summed E-state index contributed by atoms with van der Waals surface area (Å²) in [4.78, 5) is 0. The molecular weight excluding hydrogens is 508 g/mol. The van der Waals surface area contributed by atoms with Gasteiger partial charge in [0.1, 0.15) is 48.9 Å². The summed E-state index contributed by atoms with van der Waals surface area (Å²) >= 11 is 0. The van der Waals surface area contributed by atoms with E-state index in [0.717, 1.165) is 45.3 Å². The van der Waals surface area contributed by atoms with Gasteiger partial charge < -0.3 is 33.9 Å². The van der Waals surface area contributed by atoms with E-state index in [1.54, 1.807) is 0 Å². The highest BCUT2D eigenvalue weighted by atomic mass is 16.5. The average Bonchev–Trinajstić information content (AvgIpc) is 3.00. The zero-order valence-electron chi connectivity index (χ0n) is 22.7. The molecule has 0 amide bonds. The maximum Gasteiger partial charge on any atom is 0.119 e. The van der Waals surface area contributed by atoms with Crippen LogP contribution in [0.5, 0.6) is 23.0 Å². The lowest BCUT2D eigenvalue weighted by Gasteiger charge is -2.16. The van der Waals surface area contributed by atoms with E-state index in [9.17, 15) is 0 Å². The van der Waals surface area contributed by atoms with Crippen molar-refractivity contribution in [1.82, 2.24) is 0 Å². The lowest BCUT2D eigenvalue weighted by atomic mass is 10.1. The molecule has 0 aliphatic rings. The second kappa shape index (κ2) is 15.5. The van der Waals surface area contributed by atoms with Gasteiger partial charge in [0.2, 0.25) is 0 Å². The van der Waals surface area contributed by atoms with Gasteiger partial charge in [0.15, 0.2) is 0 Å². The van der Waals surface area contributed by atoms with E-state index in [-0.39, 0.29) is 32.5 Å². The second-order valence-electron chi connectivity index (χ2n) is 9.09. The molecular formula is C33H36O7. The summed E-state index contributed by atoms with van der Waals surface area (Å²) in [5.41, 5.74) is 4.32. The van der Waals surface area contributed by atoms with Gasteiger partial charge in [-0.25, -0.2) is 0 Å². The van der Waals surface area contributed by atoms with Crippen LogP contribution in [0.4, 0.5) is 0 Å². The Morgan fingerprint density at radius 1 is 0.475 bits per heavy atom. The zero-order chi connectivity index (χ0) is 28.0. The van der Waals surface area contributed by atoms with Crippen molar-refractivity contribution in [3.63, 3.8) is 0 Å². The first-order valence-corrected chi connectivity index (χ1v) is 13.4. The molecule has 0 aromatic heterocycles. The molecule has 1 unspecified atom stereocenters. The van der Waals surface area contributed by atoms with Crippen LogP contribution in [0.25, 0.3) is 22.3 Å². The van der Waals surface area contributed by atoms with E-state index in [4.69, 9.17) is 33.9 Å². The summed E-state index contributed by atoms with van der Waals surface area (Å²) in [7, 11) is 0. The topological polar surface area (TPSA) is 86.6 Å². The highest BCUT2D eigenvalue weighted by molar-refractivity contribution is 5.65. The number of hydrogen-bond acceptors (Lipinski definition) is 7. The van der Waals surface area contributed by atoms with Crippen molar-refractivity contribution < 1.29 is 33.9 Å². The fourth-order valence-corrected chi connectivity index (χ4v) is 4.02. The highest BCUT2D eigenvalue weighted by Gasteiger charge is 2.06. The molecule has 7 nitrogen and oxygen atoms in total. The first-order chi connectivity index (χ1) is 19.6. The summed E-state index contributed by atoms with van der Waals surface area (Å²) in [5.74, 6) is 3.04. The Kier molecular flexibility index (Phi) is 11.2. The molecule has 1 atom stereocenters. The molecule has 210 valence electrons. The number of aliphatic hydroxyl groups is 2. The standard InChI is InChI=1S/C33H36O7/c1-25(40-33-16-8-29(9-17-33)28-4-12-31(13-5-28)38-21-19-35)24-36-22-23-39-32-14-6-27(7-15-32)26-2-10-30(11-3-26)37-20-18-34/h2-17,25,34-35H,18-24H2,1H3. The van der Waals surface area contributed by atoms with E-state index in [0.29, 0.717) is 19.8 Å². The Labute approximate surface area is 235 Å². The fraction of sp³-hybridized carbons (Fsp3) is 0.273. The van der Waals surface area contributed by atoms with E-state index in [1.807, 2.05) is 104 Å². The summed E-state index contributed by atoms with van der Waals surface area (Å²) in [6.45, 7) is 3.91. The third-order valence-electron chi connectivity index (χ3n) is 5.99. The van der Waals surface area contributed by atoms with Crippen LogP contribution in [0, 0.1) is 0 Å². The molecule has 4 rings (SSSR count).